The summed E-state index contributed by atoms with van der Waals surface area (Å²) in [7, 11) is 3.90. The second kappa shape index (κ2) is 8.09. The lowest BCUT2D eigenvalue weighted by Gasteiger charge is -2.25. The van der Waals surface area contributed by atoms with Gasteiger partial charge in [-0.3, -0.25) is 0 Å². The van der Waals surface area contributed by atoms with Crippen LogP contribution in [0, 0.1) is 5.92 Å². The zero-order chi connectivity index (χ0) is 16.9. The Bertz CT molecular complexity index is 552. The molecule has 0 radical (unpaired) electrons. The minimum Gasteiger partial charge on any atom is -0.383 e. The fraction of sp³-hybridized carbons (Fsp3) is 0.765. The third kappa shape index (κ3) is 4.15. The van der Waals surface area contributed by atoms with Gasteiger partial charge in [-0.05, 0) is 31.8 Å². The minimum atomic E-state index is 0.394. The van der Waals surface area contributed by atoms with Gasteiger partial charge in [-0.25, -0.2) is 4.98 Å². The van der Waals surface area contributed by atoms with Crippen LogP contribution in [-0.4, -0.2) is 74.9 Å². The Morgan fingerprint density at radius 3 is 3.00 bits per heavy atom. The molecular weight excluding hydrogens is 304 g/mol. The van der Waals surface area contributed by atoms with E-state index >= 15 is 0 Å². The molecule has 0 unspecified atom stereocenters. The van der Waals surface area contributed by atoms with E-state index in [0.717, 1.165) is 70.2 Å². The van der Waals surface area contributed by atoms with Crippen molar-refractivity contribution < 1.29 is 4.74 Å². The van der Waals surface area contributed by atoms with Gasteiger partial charge in [-0.2, -0.15) is 4.98 Å². The highest BCUT2D eigenvalue weighted by molar-refractivity contribution is 5.52. The van der Waals surface area contributed by atoms with Crippen molar-refractivity contribution in [1.82, 2.24) is 20.2 Å². The zero-order valence-corrected chi connectivity index (χ0v) is 14.9. The molecule has 0 amide bonds. The number of nitrogens with one attached hydrogen (secondary N) is 1. The number of aromatic nitrogens is 2. The van der Waals surface area contributed by atoms with Gasteiger partial charge >= 0.3 is 0 Å². The molecule has 134 valence electrons. The molecule has 1 saturated heterocycles. The van der Waals surface area contributed by atoms with E-state index in [0.29, 0.717) is 11.9 Å². The van der Waals surface area contributed by atoms with Crippen molar-refractivity contribution in [2.45, 2.75) is 19.3 Å². The number of nitrogens with zero attached hydrogens (tertiary/aromatic N) is 4. The predicted octanol–water partition coefficient (Wildman–Crippen LogP) is 0.152. The van der Waals surface area contributed by atoms with Crippen molar-refractivity contribution in [2.24, 2.45) is 5.92 Å². The Balaban J connectivity index is 1.67. The van der Waals surface area contributed by atoms with E-state index in [1.807, 2.05) is 0 Å². The highest BCUT2D eigenvalue weighted by atomic mass is 16.5. The maximum Gasteiger partial charge on any atom is 0.222 e. The van der Waals surface area contributed by atoms with Crippen molar-refractivity contribution in [3.8, 4) is 0 Å². The van der Waals surface area contributed by atoms with Crippen LogP contribution in [0.4, 0.5) is 11.8 Å². The first-order chi connectivity index (χ1) is 11.7. The van der Waals surface area contributed by atoms with Crippen molar-refractivity contribution in [3.05, 3.63) is 11.3 Å². The Labute approximate surface area is 144 Å². The number of nitrogen functional groups attached to an aromatic ring is 1. The smallest absolute Gasteiger partial charge is 0.222 e. The summed E-state index contributed by atoms with van der Waals surface area (Å²) in [6, 6.07) is 0. The van der Waals surface area contributed by atoms with Gasteiger partial charge in [0, 0.05) is 52.3 Å². The van der Waals surface area contributed by atoms with Crippen LogP contribution in [0.2, 0.25) is 0 Å². The average Bonchev–Trinajstić information content (AvgIpc) is 2.87. The van der Waals surface area contributed by atoms with Crippen molar-refractivity contribution in [3.63, 3.8) is 0 Å². The molecule has 1 atom stereocenters. The number of ether oxygens (including phenoxy) is 1. The van der Waals surface area contributed by atoms with E-state index in [2.05, 4.69) is 32.1 Å². The second-order valence-electron chi connectivity index (χ2n) is 6.91. The van der Waals surface area contributed by atoms with Crippen LogP contribution in [0.15, 0.2) is 0 Å². The summed E-state index contributed by atoms with van der Waals surface area (Å²) < 4.78 is 5.19. The Hall–Kier alpha value is -1.44. The number of methoxy groups -OCH3 is 1. The molecule has 0 bridgehead atoms. The molecule has 0 aromatic carbocycles. The monoisotopic (exact) mass is 334 g/mol. The lowest BCUT2D eigenvalue weighted by molar-refractivity contribution is 0.159. The lowest BCUT2D eigenvalue weighted by Crippen LogP contribution is -2.31. The molecule has 3 heterocycles. The van der Waals surface area contributed by atoms with Crippen molar-refractivity contribution >= 4 is 11.8 Å². The first kappa shape index (κ1) is 17.4. The third-order valence-corrected chi connectivity index (χ3v) is 5.05. The van der Waals surface area contributed by atoms with Crippen molar-refractivity contribution in [1.29, 1.82) is 0 Å². The maximum absolute atomic E-state index is 5.97. The van der Waals surface area contributed by atoms with Crippen LogP contribution in [0.1, 0.15) is 17.7 Å². The number of anilines is 2. The van der Waals surface area contributed by atoms with Gasteiger partial charge < -0.3 is 25.6 Å². The van der Waals surface area contributed by atoms with Crippen LogP contribution >= 0.6 is 0 Å². The van der Waals surface area contributed by atoms with E-state index in [-0.39, 0.29) is 0 Å². The van der Waals surface area contributed by atoms with Crippen molar-refractivity contribution in [2.75, 3.05) is 70.7 Å². The van der Waals surface area contributed by atoms with E-state index in [1.54, 1.807) is 7.11 Å². The van der Waals surface area contributed by atoms with Crippen LogP contribution in [0.25, 0.3) is 0 Å². The number of hydrogen-bond donors (Lipinski definition) is 2. The summed E-state index contributed by atoms with van der Waals surface area (Å²) in [6.07, 6.45) is 3.13. The van der Waals surface area contributed by atoms with Gasteiger partial charge in [0.05, 0.1) is 12.3 Å². The zero-order valence-electron chi connectivity index (χ0n) is 14.9. The second-order valence-corrected chi connectivity index (χ2v) is 6.91. The summed E-state index contributed by atoms with van der Waals surface area (Å²) in [5.74, 6) is 2.09. The number of rotatable bonds is 6. The van der Waals surface area contributed by atoms with Crippen LogP contribution in [0.5, 0.6) is 0 Å². The average molecular weight is 334 g/mol. The Morgan fingerprint density at radius 2 is 2.17 bits per heavy atom. The molecule has 0 saturated carbocycles. The summed E-state index contributed by atoms with van der Waals surface area (Å²) in [4.78, 5) is 13.8. The number of fused-ring (bicyclic) bond motifs is 1. The number of likely N-dealkylation sites (tertiary alicyclic amines) is 1. The van der Waals surface area contributed by atoms with E-state index < -0.39 is 0 Å². The topological polar surface area (TPSA) is 79.5 Å². The van der Waals surface area contributed by atoms with Crippen LogP contribution < -0.4 is 16.0 Å². The first-order valence-electron chi connectivity index (χ1n) is 8.95. The molecule has 0 spiro atoms. The van der Waals surface area contributed by atoms with Crippen LogP contribution in [0.3, 0.4) is 0 Å². The van der Waals surface area contributed by atoms with Crippen LogP contribution in [-0.2, 0) is 17.6 Å². The largest absolute Gasteiger partial charge is 0.383 e. The van der Waals surface area contributed by atoms with Gasteiger partial charge in [-0.15, -0.1) is 0 Å². The SMILES string of the molecule is COCCN1CC[C@H](CN(C)c2nc(N)nc3c2CCNCC3)C1. The molecule has 3 rings (SSSR count). The highest BCUT2D eigenvalue weighted by Crippen LogP contribution is 2.25. The molecule has 2 aliphatic rings. The van der Waals surface area contributed by atoms with E-state index in [9.17, 15) is 0 Å². The number of nitrogens with two attached hydrogens (primary N) is 1. The lowest BCUT2D eigenvalue weighted by atomic mass is 10.1. The summed E-state index contributed by atoms with van der Waals surface area (Å²) >= 11 is 0. The van der Waals surface area contributed by atoms with E-state index in [4.69, 9.17) is 10.5 Å². The van der Waals surface area contributed by atoms with Gasteiger partial charge in [0.25, 0.3) is 0 Å². The molecule has 1 aromatic heterocycles. The highest BCUT2D eigenvalue weighted by Gasteiger charge is 2.25. The van der Waals surface area contributed by atoms with E-state index in [1.165, 1.54) is 12.0 Å². The Kier molecular flexibility index (Phi) is 5.86. The standard InChI is InChI=1S/C17H30N6O/c1-22(11-13-5-8-23(12-13)9-10-24-2)16-14-3-6-19-7-4-15(14)20-17(18)21-16/h13,19H,3-12H2,1-2H3,(H2,18,20,21)/t13-/m1/s1. The molecule has 7 nitrogen and oxygen atoms in total. The molecule has 1 aromatic rings. The molecule has 24 heavy (non-hydrogen) atoms. The van der Waals surface area contributed by atoms with Gasteiger partial charge in [-0.1, -0.05) is 0 Å². The summed E-state index contributed by atoms with van der Waals surface area (Å²) in [6.45, 7) is 7.09. The molecule has 1 fully saturated rings. The molecule has 3 N–H and O–H groups in total. The molecular formula is C17H30N6O. The normalized spacial score (nSPS) is 21.5. The van der Waals surface area contributed by atoms with Gasteiger partial charge in [0.2, 0.25) is 5.95 Å². The maximum atomic E-state index is 5.97. The first-order valence-corrected chi connectivity index (χ1v) is 8.95. The fourth-order valence-corrected chi connectivity index (χ4v) is 3.82. The number of hydrogen-bond acceptors (Lipinski definition) is 7. The summed E-state index contributed by atoms with van der Waals surface area (Å²) in [5.41, 5.74) is 8.35. The molecule has 0 aliphatic carbocycles. The Morgan fingerprint density at radius 1 is 1.33 bits per heavy atom. The fourth-order valence-electron chi connectivity index (χ4n) is 3.82. The molecule has 7 heteroatoms. The van der Waals surface area contributed by atoms with Gasteiger partial charge in [0.1, 0.15) is 5.82 Å². The quantitative estimate of drug-likeness (QED) is 0.767. The van der Waals surface area contributed by atoms with Gasteiger partial charge in [0.15, 0.2) is 0 Å². The third-order valence-electron chi connectivity index (χ3n) is 5.05. The predicted molar refractivity (Wildman–Crippen MR) is 96.4 cm³/mol. The molecule has 2 aliphatic heterocycles. The minimum absolute atomic E-state index is 0.394. The summed E-state index contributed by atoms with van der Waals surface area (Å²) in [5, 5.41) is 3.43.